The van der Waals surface area contributed by atoms with E-state index in [1.807, 2.05) is 36.4 Å². The Morgan fingerprint density at radius 3 is 2.81 bits per heavy atom. The molecule has 0 radical (unpaired) electrons. The minimum absolute atomic E-state index is 0.0491. The number of aromatic nitrogens is 3. The van der Waals surface area contributed by atoms with Gasteiger partial charge in [0.05, 0.1) is 19.2 Å². The molecule has 1 aliphatic rings. The molecule has 1 fully saturated rings. The Morgan fingerprint density at radius 1 is 1.17 bits per heavy atom. The summed E-state index contributed by atoms with van der Waals surface area (Å²) < 4.78 is 7.68. The summed E-state index contributed by atoms with van der Waals surface area (Å²) in [6.07, 6.45) is 7.69. The van der Waals surface area contributed by atoms with Crippen molar-refractivity contribution < 1.29 is 9.53 Å². The molecule has 186 valence electrons. The number of nitrogens with one attached hydrogen (secondary N) is 2. The van der Waals surface area contributed by atoms with Crippen molar-refractivity contribution >= 4 is 34.3 Å². The minimum atomic E-state index is -0.598. The summed E-state index contributed by atoms with van der Waals surface area (Å²) in [7, 11) is 1.68. The van der Waals surface area contributed by atoms with E-state index < -0.39 is 5.91 Å². The van der Waals surface area contributed by atoms with Crippen LogP contribution in [-0.2, 0) is 6.54 Å². The first-order valence-electron chi connectivity index (χ1n) is 12.2. The summed E-state index contributed by atoms with van der Waals surface area (Å²) in [5, 5.41) is 7.72. The van der Waals surface area contributed by atoms with Crippen LogP contribution in [0.2, 0.25) is 0 Å². The molecule has 1 aliphatic carbocycles. The van der Waals surface area contributed by atoms with Crippen LogP contribution in [0.25, 0.3) is 10.9 Å². The lowest BCUT2D eigenvalue weighted by molar-refractivity contribution is 0.100. The number of primary amides is 1. The van der Waals surface area contributed by atoms with Crippen LogP contribution in [0.1, 0.15) is 41.6 Å². The van der Waals surface area contributed by atoms with Gasteiger partial charge in [0.15, 0.2) is 0 Å². The lowest BCUT2D eigenvalue weighted by atomic mass is 9.91. The van der Waals surface area contributed by atoms with Gasteiger partial charge < -0.3 is 31.4 Å². The molecule has 4 aromatic rings. The van der Waals surface area contributed by atoms with Crippen molar-refractivity contribution in [2.24, 2.45) is 11.5 Å². The zero-order chi connectivity index (χ0) is 25.1. The van der Waals surface area contributed by atoms with Crippen molar-refractivity contribution in [3.8, 4) is 5.75 Å². The van der Waals surface area contributed by atoms with Gasteiger partial charge >= 0.3 is 0 Å². The number of para-hydroxylation sites is 1. The number of rotatable bonds is 8. The summed E-state index contributed by atoms with van der Waals surface area (Å²) in [4.78, 5) is 21.0. The van der Waals surface area contributed by atoms with Crippen LogP contribution in [-0.4, -0.2) is 39.6 Å². The molecule has 9 heteroatoms. The quantitative estimate of drug-likeness (QED) is 0.296. The number of benzene rings is 2. The molecule has 0 aliphatic heterocycles. The minimum Gasteiger partial charge on any atom is -0.496 e. The van der Waals surface area contributed by atoms with Gasteiger partial charge in [-0.25, -0.2) is 4.98 Å². The smallest absolute Gasteiger partial charge is 0.254 e. The molecule has 0 saturated heterocycles. The maximum atomic E-state index is 12.1. The number of carbonyl (C=O) groups excluding carboxylic acids is 1. The van der Waals surface area contributed by atoms with Crippen LogP contribution in [0.3, 0.4) is 0 Å². The Morgan fingerprint density at radius 2 is 2.00 bits per heavy atom. The monoisotopic (exact) mass is 485 g/mol. The van der Waals surface area contributed by atoms with Gasteiger partial charge in [0.2, 0.25) is 5.95 Å². The van der Waals surface area contributed by atoms with E-state index in [0.717, 1.165) is 53.6 Å². The molecule has 6 N–H and O–H groups in total. The lowest BCUT2D eigenvalue weighted by Crippen LogP contribution is -2.43. The van der Waals surface area contributed by atoms with Gasteiger partial charge in [0, 0.05) is 35.7 Å². The predicted molar refractivity (Wildman–Crippen MR) is 142 cm³/mol. The van der Waals surface area contributed by atoms with E-state index in [0.29, 0.717) is 18.3 Å². The summed E-state index contributed by atoms with van der Waals surface area (Å²) >= 11 is 0. The number of ether oxygens (including phenoxy) is 1. The SMILES string of the molecule is COc1ccccc1Cn1ccc2ccc(Nc3nc(N[C@@H]4CCCC[C@@H]4N)ncc3C(N)=O)cc21. The molecule has 0 unspecified atom stereocenters. The van der Waals surface area contributed by atoms with Crippen molar-refractivity contribution in [1.82, 2.24) is 14.5 Å². The van der Waals surface area contributed by atoms with Crippen molar-refractivity contribution in [3.05, 3.63) is 72.1 Å². The van der Waals surface area contributed by atoms with Gasteiger partial charge in [0.25, 0.3) is 5.91 Å². The molecule has 0 bridgehead atoms. The molecule has 2 atom stereocenters. The van der Waals surface area contributed by atoms with E-state index in [1.54, 1.807) is 7.11 Å². The molecule has 0 spiro atoms. The Kier molecular flexibility index (Phi) is 6.73. The maximum absolute atomic E-state index is 12.1. The largest absolute Gasteiger partial charge is 0.496 e. The Hall–Kier alpha value is -4.11. The highest BCUT2D eigenvalue weighted by Gasteiger charge is 2.23. The second-order valence-corrected chi connectivity index (χ2v) is 9.17. The third kappa shape index (κ3) is 4.96. The van der Waals surface area contributed by atoms with Crippen molar-refractivity contribution in [3.63, 3.8) is 0 Å². The first-order valence-corrected chi connectivity index (χ1v) is 12.2. The topological polar surface area (TPSA) is 133 Å². The molecule has 36 heavy (non-hydrogen) atoms. The van der Waals surface area contributed by atoms with E-state index in [9.17, 15) is 4.79 Å². The van der Waals surface area contributed by atoms with Crippen molar-refractivity contribution in [2.75, 3.05) is 17.7 Å². The standard InChI is InChI=1S/C27H31N7O2/c1-36-24-9-5-2-6-18(24)16-34-13-12-17-10-11-19(14-23(17)34)31-26-20(25(29)35)15-30-27(33-26)32-22-8-4-3-7-21(22)28/h2,5-6,9-15,21-22H,3-4,7-8,16,28H2,1H3,(H2,29,35)(H2,30,31,32,33)/t21-,22+/m0/s1. The first kappa shape index (κ1) is 23.6. The van der Waals surface area contributed by atoms with E-state index in [1.165, 1.54) is 6.20 Å². The summed E-state index contributed by atoms with van der Waals surface area (Å²) in [5.74, 6) is 1.02. The van der Waals surface area contributed by atoms with Crippen LogP contribution in [0.15, 0.2) is 60.9 Å². The molecule has 1 saturated carbocycles. The summed E-state index contributed by atoms with van der Waals surface area (Å²) in [6, 6.07) is 16.2. The van der Waals surface area contributed by atoms with Gasteiger partial charge in [-0.05, 0) is 42.5 Å². The molecular weight excluding hydrogens is 454 g/mol. The Balaban J connectivity index is 1.43. The fourth-order valence-electron chi connectivity index (χ4n) is 4.78. The van der Waals surface area contributed by atoms with Gasteiger partial charge in [-0.1, -0.05) is 37.1 Å². The normalized spacial score (nSPS) is 17.6. The number of amides is 1. The van der Waals surface area contributed by atoms with Crippen LogP contribution >= 0.6 is 0 Å². The Labute approximate surface area is 209 Å². The highest BCUT2D eigenvalue weighted by molar-refractivity contribution is 5.98. The van der Waals surface area contributed by atoms with E-state index in [4.69, 9.17) is 16.2 Å². The molecule has 2 heterocycles. The lowest BCUT2D eigenvalue weighted by Gasteiger charge is -2.29. The molecule has 9 nitrogen and oxygen atoms in total. The maximum Gasteiger partial charge on any atom is 0.254 e. The Bertz CT molecular complexity index is 1380. The first-order chi connectivity index (χ1) is 17.5. The second-order valence-electron chi connectivity index (χ2n) is 9.17. The fourth-order valence-corrected chi connectivity index (χ4v) is 4.78. The number of nitrogens with zero attached hydrogens (tertiary/aromatic N) is 3. The van der Waals surface area contributed by atoms with Gasteiger partial charge in [-0.15, -0.1) is 0 Å². The van der Waals surface area contributed by atoms with Crippen LogP contribution in [0, 0.1) is 0 Å². The van der Waals surface area contributed by atoms with E-state index >= 15 is 0 Å². The number of fused-ring (bicyclic) bond motifs is 1. The van der Waals surface area contributed by atoms with Crippen LogP contribution < -0.4 is 26.8 Å². The molecule has 2 aromatic heterocycles. The summed E-state index contributed by atoms with van der Waals surface area (Å²) in [6.45, 7) is 0.659. The van der Waals surface area contributed by atoms with Gasteiger partial charge in [-0.3, -0.25) is 4.79 Å². The zero-order valence-electron chi connectivity index (χ0n) is 20.3. The number of methoxy groups -OCH3 is 1. The molecule has 2 aromatic carbocycles. The predicted octanol–water partition coefficient (Wildman–Crippen LogP) is 4.01. The summed E-state index contributed by atoms with van der Waals surface area (Å²) in [5.41, 5.74) is 15.0. The number of carbonyl (C=O) groups is 1. The van der Waals surface area contributed by atoms with E-state index in [-0.39, 0.29) is 17.6 Å². The molecular formula is C27H31N7O2. The van der Waals surface area contributed by atoms with E-state index in [2.05, 4.69) is 43.5 Å². The second kappa shape index (κ2) is 10.2. The fraction of sp³-hybridized carbons (Fsp3) is 0.296. The van der Waals surface area contributed by atoms with Gasteiger partial charge in [-0.2, -0.15) is 4.98 Å². The number of nitrogens with two attached hydrogens (primary N) is 2. The third-order valence-electron chi connectivity index (χ3n) is 6.76. The third-order valence-corrected chi connectivity index (χ3v) is 6.76. The highest BCUT2D eigenvalue weighted by atomic mass is 16.5. The zero-order valence-corrected chi connectivity index (χ0v) is 20.3. The average Bonchev–Trinajstić information content (AvgIpc) is 3.27. The molecule has 1 amide bonds. The molecule has 5 rings (SSSR count). The number of hydrogen-bond acceptors (Lipinski definition) is 7. The number of anilines is 3. The van der Waals surface area contributed by atoms with Crippen LogP contribution in [0.5, 0.6) is 5.75 Å². The number of hydrogen-bond donors (Lipinski definition) is 4. The van der Waals surface area contributed by atoms with Gasteiger partial charge in [0.1, 0.15) is 17.1 Å². The average molecular weight is 486 g/mol. The van der Waals surface area contributed by atoms with Crippen molar-refractivity contribution in [1.29, 1.82) is 0 Å². The van der Waals surface area contributed by atoms with Crippen LogP contribution in [0.4, 0.5) is 17.5 Å². The highest BCUT2D eigenvalue weighted by Crippen LogP contribution is 2.27. The van der Waals surface area contributed by atoms with Crippen molar-refractivity contribution in [2.45, 2.75) is 44.3 Å².